The number of nitrogens with two attached hydrogens (primary N) is 2. The third-order valence-electron chi connectivity index (χ3n) is 23.4. The number of nitrogen functional groups attached to an aromatic ring is 1. The van der Waals surface area contributed by atoms with Crippen molar-refractivity contribution in [3.63, 3.8) is 0 Å². The molecular weight excluding hydrogens is 1760 g/mol. The lowest BCUT2D eigenvalue weighted by Gasteiger charge is -2.34. The van der Waals surface area contributed by atoms with Crippen molar-refractivity contribution in [2.75, 3.05) is 207 Å². The number of morpholine rings is 5. The standard InChI is InChI=1S/C23H23N7O.C22H29N7O2.C18H19N5O2.C18H20N4O3.C17H21N7O2/c24-23(25-18-5-2-1-3-6-18)26-19-10-8-17(9-11-19)21-27-22(29-13-15-31-16-14-29)20-7-4-12-30(20)28-21;1-16-15-31-14-13-28(16)21-19-5-4-11-29(19)26-20(25-21)17-6-8-18(9-7-17)24-22(30)23-10-12-27(2)3;1-19-18(24)14-5-2-4-13(12-14)16-20-17(22-8-10-25-11-9-22)15-6-3-7-23(15)21-16;1-24-16-5-4-13(11-14(16)12-23)17-19-18(21-7-9-25-10-8-21)15-3-2-6-22(15)20-17;1-17(2,25)13-4-3-12-15(23-5-7-26-8-6-23)21-14(22-24(12)13)11-9-19-16(18)20-10-11/h1-12H,13-16H2,(H3,24,25,26);4-9,11,16H,10,12-15H2,1-3H3,(H2,23,24,30);2-7,12H,8-11H2,1H3,(H,19,24);2-6,11,23H,7-10,12H2,1H3;3-4,9-10,25H,5-8H2,1-2H3,(H2,18,19,20)/t;16-;;;/m.1.../s1. The van der Waals surface area contributed by atoms with Crippen LogP contribution in [0.25, 0.3) is 84.5 Å². The lowest BCUT2D eigenvalue weighted by molar-refractivity contribution is 0.0719. The fraction of sp³-hybridized carbons (Fsp3) is 0.316. The first-order valence-electron chi connectivity index (χ1n) is 45.7. The molecule has 40 nitrogen and oxygen atoms in total. The average molecular weight is 1870 g/mol. The number of carbonyl (C=O) groups excluding carboxylic acids is 2. The first-order chi connectivity index (χ1) is 67.3. The largest absolute Gasteiger partial charge is 0.496 e. The molecule has 0 saturated carbocycles. The van der Waals surface area contributed by atoms with Gasteiger partial charge in [0.25, 0.3) is 5.91 Å². The predicted molar refractivity (Wildman–Crippen MR) is 530 cm³/mol. The number of amides is 3. The molecule has 5 saturated heterocycles. The molecule has 0 unspecified atom stereocenters. The van der Waals surface area contributed by atoms with E-state index in [1.807, 2.05) is 238 Å². The van der Waals surface area contributed by atoms with Crippen molar-refractivity contribution >= 4 is 97.6 Å². The van der Waals surface area contributed by atoms with Crippen LogP contribution in [0.3, 0.4) is 0 Å². The number of fused-ring (bicyclic) bond motifs is 5. The zero-order valence-electron chi connectivity index (χ0n) is 78.0. The van der Waals surface area contributed by atoms with Crippen molar-refractivity contribution in [3.05, 3.63) is 236 Å². The molecule has 10 N–H and O–H groups in total. The maximum absolute atomic E-state index is 12.0. The maximum atomic E-state index is 12.0. The summed E-state index contributed by atoms with van der Waals surface area (Å²) in [5.41, 5.74) is 23.8. The van der Waals surface area contributed by atoms with E-state index in [9.17, 15) is 19.8 Å². The normalized spacial score (nSPS) is 15.3. The molecule has 5 fully saturated rings. The number of hydrogen-bond acceptors (Lipinski definition) is 30. The molecule has 11 aromatic heterocycles. The maximum Gasteiger partial charge on any atom is 0.319 e. The number of aliphatic hydroxyl groups is 2. The molecule has 138 heavy (non-hydrogen) atoms. The highest BCUT2D eigenvalue weighted by Crippen LogP contribution is 2.35. The number of urea groups is 1. The van der Waals surface area contributed by atoms with Crippen molar-refractivity contribution in [2.24, 2.45) is 10.7 Å². The number of anilines is 8. The second-order valence-electron chi connectivity index (χ2n) is 33.7. The van der Waals surface area contributed by atoms with E-state index in [2.05, 4.69) is 93.1 Å². The summed E-state index contributed by atoms with van der Waals surface area (Å²) in [6.07, 6.45) is 10.9. The summed E-state index contributed by atoms with van der Waals surface area (Å²) in [5.74, 6) is 8.47. The van der Waals surface area contributed by atoms with E-state index in [1.54, 1.807) is 51.0 Å². The number of methoxy groups -OCH3 is 1. The van der Waals surface area contributed by atoms with Crippen LogP contribution >= 0.6 is 0 Å². The number of ether oxygens (including phenoxy) is 6. The summed E-state index contributed by atoms with van der Waals surface area (Å²) in [6.45, 7) is 20.9. The van der Waals surface area contributed by atoms with E-state index in [-0.39, 0.29) is 30.5 Å². The van der Waals surface area contributed by atoms with Crippen LogP contribution in [0.5, 0.6) is 5.75 Å². The lowest BCUT2D eigenvalue weighted by atomic mass is 10.1. The summed E-state index contributed by atoms with van der Waals surface area (Å²) < 4.78 is 41.9. The molecule has 16 heterocycles. The zero-order valence-corrected chi connectivity index (χ0v) is 78.0. The number of aromatic nitrogens is 17. The van der Waals surface area contributed by atoms with Gasteiger partial charge in [-0.05, 0) is 187 Å². The molecule has 714 valence electrons. The van der Waals surface area contributed by atoms with Crippen molar-refractivity contribution in [1.29, 1.82) is 0 Å². The van der Waals surface area contributed by atoms with E-state index >= 15 is 0 Å². The van der Waals surface area contributed by atoms with Crippen LogP contribution in [0.1, 0.15) is 42.4 Å². The molecular formula is C98H112N30O10. The molecule has 5 aliphatic rings. The molecule has 40 heteroatoms. The third-order valence-corrected chi connectivity index (χ3v) is 23.4. The topological polar surface area (TPSA) is 439 Å². The van der Waals surface area contributed by atoms with Crippen LogP contribution in [-0.2, 0) is 35.9 Å². The molecule has 0 aliphatic carbocycles. The number of aliphatic hydroxyl groups excluding tert-OH is 1. The van der Waals surface area contributed by atoms with Gasteiger partial charge in [0.05, 0.1) is 103 Å². The van der Waals surface area contributed by atoms with Gasteiger partial charge in [-0.2, -0.15) is 0 Å². The van der Waals surface area contributed by atoms with Gasteiger partial charge in [-0.25, -0.2) is 67.3 Å². The number of carbonyl (C=O) groups is 2. The Morgan fingerprint density at radius 3 is 1.43 bits per heavy atom. The van der Waals surface area contributed by atoms with Crippen molar-refractivity contribution < 1.29 is 48.2 Å². The Balaban J connectivity index is 0.000000120. The third kappa shape index (κ3) is 22.7. The monoisotopic (exact) mass is 1870 g/mol. The Morgan fingerprint density at radius 2 is 0.949 bits per heavy atom. The Morgan fingerprint density at radius 1 is 0.500 bits per heavy atom. The van der Waals surface area contributed by atoms with Gasteiger partial charge in [-0.15, -0.1) is 25.5 Å². The number of para-hydroxylation sites is 1. The number of rotatable bonds is 20. The van der Waals surface area contributed by atoms with E-state index in [1.165, 1.54) is 0 Å². The van der Waals surface area contributed by atoms with Gasteiger partial charge >= 0.3 is 6.03 Å². The van der Waals surface area contributed by atoms with Gasteiger partial charge in [0, 0.05) is 161 Å². The molecule has 5 aromatic carbocycles. The minimum atomic E-state index is -1.04. The molecule has 3 amide bonds. The number of aliphatic imine (C=N–C) groups is 1. The van der Waals surface area contributed by atoms with Crippen LogP contribution in [0.2, 0.25) is 0 Å². The number of nitrogens with zero attached hydrogens (tertiary/aromatic N) is 24. The lowest BCUT2D eigenvalue weighted by Crippen LogP contribution is -2.44. The van der Waals surface area contributed by atoms with Crippen molar-refractivity contribution in [1.82, 2.24) is 98.5 Å². The molecule has 5 aliphatic heterocycles. The molecule has 0 bridgehead atoms. The molecule has 16 aromatic rings. The number of likely N-dealkylation sites (N-methyl/N-ethyl adjacent to an activating group) is 1. The quantitative estimate of drug-likeness (QED) is 0.0260. The fourth-order valence-electron chi connectivity index (χ4n) is 16.2. The minimum absolute atomic E-state index is 0.0981. The minimum Gasteiger partial charge on any atom is -0.496 e. The number of nitrogens with one attached hydrogen (secondary N) is 4. The fourth-order valence-corrected chi connectivity index (χ4v) is 16.2. The van der Waals surface area contributed by atoms with E-state index < -0.39 is 5.60 Å². The highest BCUT2D eigenvalue weighted by Gasteiger charge is 2.30. The van der Waals surface area contributed by atoms with E-state index in [0.717, 1.165) is 161 Å². The molecule has 0 radical (unpaired) electrons. The SMILES string of the molecule is CC(C)(O)c1ccc2c(N3CCOCC3)nc(-c3cnc(N)nc3)nn12.CNC(=O)c1cccc(-c2nc(N3CCOCC3)c3cccn3n2)c1.COc1ccc(-c2nc(N3CCOCC3)c3cccn3n2)cc1CO.C[C@@H]1COCCN1c1nc(-c2ccc(NC(=O)NCCN(C)C)cc2)nn2cccc12.NC(=Nc1ccc(-c2nc(N3CCOCC3)c3cccn3n2)cc1)Nc1ccccc1. The van der Waals surface area contributed by atoms with Gasteiger partial charge in [0.1, 0.15) is 38.9 Å². The summed E-state index contributed by atoms with van der Waals surface area (Å²) in [7, 11) is 7.15. The highest BCUT2D eigenvalue weighted by molar-refractivity contribution is 5.96. The van der Waals surface area contributed by atoms with Gasteiger partial charge in [-0.1, -0.05) is 30.3 Å². The molecule has 1 atom stereocenters. The van der Waals surface area contributed by atoms with Crippen LogP contribution in [0.15, 0.2) is 224 Å². The average Bonchev–Trinajstić information content (AvgIpc) is 1.59. The van der Waals surface area contributed by atoms with Gasteiger partial charge in [0.2, 0.25) is 5.95 Å². The van der Waals surface area contributed by atoms with Gasteiger partial charge in [-0.3, -0.25) is 4.79 Å². The Labute approximate surface area is 795 Å². The Hall–Kier alpha value is -15.4. The van der Waals surface area contributed by atoms with Gasteiger partial charge in [0.15, 0.2) is 64.2 Å². The van der Waals surface area contributed by atoms with Crippen LogP contribution < -0.4 is 62.0 Å². The number of guanidine groups is 1. The summed E-state index contributed by atoms with van der Waals surface area (Å²) in [4.78, 5) is 73.7. The highest BCUT2D eigenvalue weighted by atomic mass is 16.5. The van der Waals surface area contributed by atoms with Crippen molar-refractivity contribution in [2.45, 2.75) is 39.0 Å². The predicted octanol–water partition coefficient (Wildman–Crippen LogP) is 9.75. The van der Waals surface area contributed by atoms with Crippen molar-refractivity contribution in [3.8, 4) is 62.7 Å². The summed E-state index contributed by atoms with van der Waals surface area (Å²) in [6, 6.07) is 57.8. The Bertz CT molecular complexity index is 6840. The number of benzene rings is 5. The summed E-state index contributed by atoms with van der Waals surface area (Å²) in [5, 5.41) is 54.7. The number of hydrogen-bond donors (Lipinski definition) is 8. The Kier molecular flexibility index (Phi) is 30.0. The van der Waals surface area contributed by atoms with E-state index in [0.29, 0.717) is 136 Å². The van der Waals surface area contributed by atoms with Crippen LogP contribution in [0.4, 0.5) is 56.9 Å². The second kappa shape index (κ2) is 43.9. The second-order valence-corrected chi connectivity index (χ2v) is 33.7. The first-order valence-corrected chi connectivity index (χ1v) is 45.7. The van der Waals surface area contributed by atoms with Crippen LogP contribution in [0, 0.1) is 0 Å². The molecule has 21 rings (SSSR count). The summed E-state index contributed by atoms with van der Waals surface area (Å²) >= 11 is 0. The van der Waals surface area contributed by atoms with Gasteiger partial charge < -0.3 is 101 Å². The molecule has 0 spiro atoms. The first kappa shape index (κ1) is 94.3. The zero-order chi connectivity index (χ0) is 95.6. The smallest absolute Gasteiger partial charge is 0.319 e. The van der Waals surface area contributed by atoms with E-state index in [4.69, 9.17) is 64.8 Å². The van der Waals surface area contributed by atoms with Crippen LogP contribution in [-0.4, -0.2) is 288 Å².